The lowest BCUT2D eigenvalue weighted by Crippen LogP contribution is -2.33. The summed E-state index contributed by atoms with van der Waals surface area (Å²) in [5.74, 6) is 0.765. The Morgan fingerprint density at radius 2 is 1.78 bits per heavy atom. The molecule has 0 aliphatic carbocycles. The van der Waals surface area contributed by atoms with Gasteiger partial charge in [0.1, 0.15) is 21.8 Å². The number of pyridine rings is 1. The minimum atomic E-state index is -0.232. The first-order valence-electron chi connectivity index (χ1n) is 11.6. The molecule has 3 heterocycles. The minimum Gasteiger partial charge on any atom is -0.357 e. The molecule has 1 aromatic heterocycles. The molecule has 0 atom stereocenters. The number of amides is 1. The van der Waals surface area contributed by atoms with Crippen molar-refractivity contribution >= 4 is 46.1 Å². The maximum absolute atomic E-state index is 13.2. The van der Waals surface area contributed by atoms with Gasteiger partial charge >= 0.3 is 0 Å². The molecule has 32 heavy (non-hydrogen) atoms. The highest BCUT2D eigenvalue weighted by molar-refractivity contribution is 8.26. The number of unbranched alkanes of at least 4 members (excludes halogenated alkanes) is 3. The van der Waals surface area contributed by atoms with E-state index in [4.69, 9.17) is 12.2 Å². The lowest BCUT2D eigenvalue weighted by Gasteiger charge is -2.27. The largest absolute Gasteiger partial charge is 0.357 e. The number of carbonyl (C=O) groups is 1. The predicted octanol–water partition coefficient (Wildman–Crippen LogP) is 4.82. The molecule has 0 unspecified atom stereocenters. The third-order valence-electron chi connectivity index (χ3n) is 6.12. The van der Waals surface area contributed by atoms with Crippen LogP contribution in [0.5, 0.6) is 0 Å². The average Bonchev–Trinajstić information content (AvgIpc) is 3.39. The summed E-state index contributed by atoms with van der Waals surface area (Å²) >= 11 is 6.81. The number of aromatic nitrogens is 1. The van der Waals surface area contributed by atoms with Gasteiger partial charge in [-0.25, -0.2) is 0 Å². The third-order valence-corrected chi connectivity index (χ3v) is 7.50. The van der Waals surface area contributed by atoms with Gasteiger partial charge in [0.2, 0.25) is 0 Å². The number of rotatable bonds is 9. The summed E-state index contributed by atoms with van der Waals surface area (Å²) in [7, 11) is 0. The van der Waals surface area contributed by atoms with Gasteiger partial charge in [-0.15, -0.1) is 0 Å². The molecule has 2 saturated heterocycles. The first kappa shape index (κ1) is 24.5. The van der Waals surface area contributed by atoms with Crippen LogP contribution >= 0.6 is 24.0 Å². The van der Waals surface area contributed by atoms with Crippen molar-refractivity contribution in [3.63, 3.8) is 0 Å². The SMILES string of the molecule is CCCCCN1C(=O)/C(=C\c2c(C)c(C#N)c(=O)n(CCCC)c2N2CCCC2)SC1=S. The van der Waals surface area contributed by atoms with Crippen LogP contribution in [0.3, 0.4) is 0 Å². The zero-order chi connectivity index (χ0) is 23.3. The highest BCUT2D eigenvalue weighted by Gasteiger charge is 2.33. The molecule has 0 aromatic carbocycles. The van der Waals surface area contributed by atoms with Gasteiger partial charge in [-0.05, 0) is 44.2 Å². The molecule has 8 heteroatoms. The van der Waals surface area contributed by atoms with Gasteiger partial charge in [-0.1, -0.05) is 57.1 Å². The molecule has 2 fully saturated rings. The van der Waals surface area contributed by atoms with Crippen molar-refractivity contribution in [3.8, 4) is 6.07 Å². The van der Waals surface area contributed by atoms with Crippen LogP contribution in [0.1, 0.15) is 75.5 Å². The number of hydrogen-bond donors (Lipinski definition) is 0. The third kappa shape index (κ3) is 4.94. The Bertz CT molecular complexity index is 1020. The van der Waals surface area contributed by atoms with Gasteiger partial charge in [0.25, 0.3) is 11.5 Å². The van der Waals surface area contributed by atoms with E-state index in [0.717, 1.165) is 69.4 Å². The van der Waals surface area contributed by atoms with E-state index >= 15 is 0 Å². The van der Waals surface area contributed by atoms with Gasteiger partial charge in [0, 0.05) is 31.7 Å². The van der Waals surface area contributed by atoms with Crippen molar-refractivity contribution in [2.24, 2.45) is 0 Å². The van der Waals surface area contributed by atoms with Gasteiger partial charge in [-0.3, -0.25) is 19.1 Å². The normalized spacial score (nSPS) is 17.6. The molecule has 0 N–H and O–H groups in total. The van der Waals surface area contributed by atoms with Crippen molar-refractivity contribution < 1.29 is 4.79 Å². The van der Waals surface area contributed by atoms with Crippen LogP contribution in [0, 0.1) is 18.3 Å². The molecule has 1 amide bonds. The molecular formula is C24H32N4O2S2. The summed E-state index contributed by atoms with van der Waals surface area (Å²) in [6, 6.07) is 2.12. The topological polar surface area (TPSA) is 69.3 Å². The maximum Gasteiger partial charge on any atom is 0.270 e. The van der Waals surface area contributed by atoms with Crippen LogP contribution in [0.15, 0.2) is 9.70 Å². The molecule has 2 aliphatic heterocycles. The average molecular weight is 473 g/mol. The van der Waals surface area contributed by atoms with Gasteiger partial charge in [0.15, 0.2) is 0 Å². The standard InChI is InChI=1S/C24H32N4O2S2/c1-4-6-8-14-28-23(30)20(32-24(28)31)15-18-17(3)19(16-25)22(29)27(13-7-5-2)21(18)26-11-9-10-12-26/h15H,4-14H2,1-3H3/b20-15+. The molecule has 0 spiro atoms. The number of carbonyl (C=O) groups excluding carboxylic acids is 1. The second-order valence-corrected chi connectivity index (χ2v) is 10.1. The van der Waals surface area contributed by atoms with E-state index < -0.39 is 0 Å². The zero-order valence-corrected chi connectivity index (χ0v) is 20.9. The zero-order valence-electron chi connectivity index (χ0n) is 19.3. The van der Waals surface area contributed by atoms with Crippen LogP contribution in [0.2, 0.25) is 0 Å². The minimum absolute atomic E-state index is 0.0762. The Kier molecular flexibility index (Phi) is 8.55. The van der Waals surface area contributed by atoms with Crippen LogP contribution < -0.4 is 10.5 Å². The highest BCUT2D eigenvalue weighted by Crippen LogP contribution is 2.36. The summed E-state index contributed by atoms with van der Waals surface area (Å²) in [6.07, 6.45) is 8.88. The first-order valence-corrected chi connectivity index (χ1v) is 12.8. The van der Waals surface area contributed by atoms with Gasteiger partial charge in [-0.2, -0.15) is 5.26 Å². The Morgan fingerprint density at radius 3 is 2.41 bits per heavy atom. The fourth-order valence-electron chi connectivity index (χ4n) is 4.28. The maximum atomic E-state index is 13.2. The quantitative estimate of drug-likeness (QED) is 0.292. The smallest absolute Gasteiger partial charge is 0.270 e. The van der Waals surface area contributed by atoms with Crippen molar-refractivity contribution in [2.75, 3.05) is 24.5 Å². The molecule has 2 aliphatic rings. The Balaban J connectivity index is 2.12. The fourth-order valence-corrected chi connectivity index (χ4v) is 5.57. The Morgan fingerprint density at radius 1 is 1.09 bits per heavy atom. The molecule has 6 nitrogen and oxygen atoms in total. The lowest BCUT2D eigenvalue weighted by molar-refractivity contribution is -0.122. The van der Waals surface area contributed by atoms with Crippen LogP contribution in [-0.2, 0) is 11.3 Å². The van der Waals surface area contributed by atoms with Crippen molar-refractivity contribution in [2.45, 2.75) is 72.3 Å². The molecule has 0 saturated carbocycles. The monoisotopic (exact) mass is 472 g/mol. The van der Waals surface area contributed by atoms with Crippen molar-refractivity contribution in [1.82, 2.24) is 9.47 Å². The van der Waals surface area contributed by atoms with E-state index in [1.807, 2.05) is 13.0 Å². The first-order chi connectivity index (χ1) is 15.4. The molecule has 1 aromatic rings. The molecule has 0 bridgehead atoms. The summed E-state index contributed by atoms with van der Waals surface area (Å²) in [6.45, 7) is 8.98. The second-order valence-electron chi connectivity index (χ2n) is 8.39. The number of thiocarbonyl (C=S) groups is 1. The number of anilines is 1. The summed E-state index contributed by atoms with van der Waals surface area (Å²) in [5, 5.41) is 9.75. The van der Waals surface area contributed by atoms with Crippen LogP contribution in [-0.4, -0.2) is 39.3 Å². The van der Waals surface area contributed by atoms with E-state index in [9.17, 15) is 14.9 Å². The van der Waals surface area contributed by atoms with Gasteiger partial charge < -0.3 is 4.90 Å². The Hall–Kier alpha value is -2.11. The number of nitriles is 1. The molecular weight excluding hydrogens is 440 g/mol. The molecule has 0 radical (unpaired) electrons. The number of nitrogens with zero attached hydrogens (tertiary/aromatic N) is 4. The second kappa shape index (κ2) is 11.2. The Labute approximate surface area is 200 Å². The summed E-state index contributed by atoms with van der Waals surface area (Å²) in [4.78, 5) is 30.8. The predicted molar refractivity (Wildman–Crippen MR) is 136 cm³/mol. The van der Waals surface area contributed by atoms with E-state index in [0.29, 0.717) is 27.9 Å². The van der Waals surface area contributed by atoms with E-state index in [1.165, 1.54) is 11.8 Å². The summed E-state index contributed by atoms with van der Waals surface area (Å²) in [5.41, 5.74) is 1.37. The van der Waals surface area contributed by atoms with Crippen molar-refractivity contribution in [1.29, 1.82) is 5.26 Å². The van der Waals surface area contributed by atoms with Crippen LogP contribution in [0.4, 0.5) is 5.82 Å². The molecule has 3 rings (SSSR count). The van der Waals surface area contributed by atoms with E-state index in [-0.39, 0.29) is 17.0 Å². The van der Waals surface area contributed by atoms with E-state index in [2.05, 4.69) is 24.8 Å². The number of hydrogen-bond acceptors (Lipinski definition) is 6. The number of thioether (sulfide) groups is 1. The molecule has 172 valence electrons. The lowest BCUT2D eigenvalue weighted by atomic mass is 10.0. The summed E-state index contributed by atoms with van der Waals surface area (Å²) < 4.78 is 2.34. The van der Waals surface area contributed by atoms with Crippen molar-refractivity contribution in [3.05, 3.63) is 31.9 Å². The van der Waals surface area contributed by atoms with E-state index in [1.54, 1.807) is 9.47 Å². The highest BCUT2D eigenvalue weighted by atomic mass is 32.2. The fraction of sp³-hybridized carbons (Fsp3) is 0.583. The van der Waals surface area contributed by atoms with Gasteiger partial charge in [0.05, 0.1) is 4.91 Å². The van der Waals surface area contributed by atoms with Crippen LogP contribution in [0.25, 0.3) is 6.08 Å².